The Balaban J connectivity index is 2.05. The number of amides is 1. The van der Waals surface area contributed by atoms with E-state index in [9.17, 15) is 9.59 Å². The topological polar surface area (TPSA) is 108 Å². The summed E-state index contributed by atoms with van der Waals surface area (Å²) < 4.78 is 7.80. The van der Waals surface area contributed by atoms with Gasteiger partial charge in [-0.15, -0.1) is 0 Å². The van der Waals surface area contributed by atoms with Crippen LogP contribution in [0.5, 0.6) is 0 Å². The molecule has 0 saturated carbocycles. The van der Waals surface area contributed by atoms with Crippen molar-refractivity contribution in [3.05, 3.63) is 34.1 Å². The van der Waals surface area contributed by atoms with Gasteiger partial charge in [-0.25, -0.2) is 4.68 Å². The summed E-state index contributed by atoms with van der Waals surface area (Å²) in [7, 11) is 0. The molecule has 0 spiro atoms. The van der Waals surface area contributed by atoms with E-state index in [-0.39, 0.29) is 23.6 Å². The van der Waals surface area contributed by atoms with E-state index in [1.54, 1.807) is 23.9 Å². The molecule has 0 aliphatic heterocycles. The minimum absolute atomic E-state index is 0.0678. The lowest BCUT2D eigenvalue weighted by Crippen LogP contribution is -2.34. The zero-order valence-electron chi connectivity index (χ0n) is 16.4. The quantitative estimate of drug-likeness (QED) is 0.753. The summed E-state index contributed by atoms with van der Waals surface area (Å²) >= 11 is 0. The van der Waals surface area contributed by atoms with Crippen molar-refractivity contribution in [2.75, 3.05) is 5.32 Å². The predicted molar refractivity (Wildman–Crippen MR) is 101 cm³/mol. The van der Waals surface area contributed by atoms with Crippen molar-refractivity contribution in [2.45, 2.75) is 59.5 Å². The highest BCUT2D eigenvalue weighted by Gasteiger charge is 2.24. The number of carbonyl (C=O) groups is 1. The molecule has 0 bridgehead atoms. The number of aromatic nitrogens is 5. The number of carbonyl (C=O) groups excluding carboxylic acids is 1. The molecular weight excluding hydrogens is 348 g/mol. The SMILES string of the molecule is Cc1cc(NC(=O)Cn2nc(C(C)C)c3cnn(C(C)(C)C)c3c2=O)no1. The molecule has 9 nitrogen and oxygen atoms in total. The second-order valence-corrected chi connectivity index (χ2v) is 7.86. The summed E-state index contributed by atoms with van der Waals surface area (Å²) in [5.74, 6) is 0.542. The number of hydrogen-bond donors (Lipinski definition) is 1. The molecule has 0 aliphatic carbocycles. The van der Waals surface area contributed by atoms with Gasteiger partial charge in [0.25, 0.3) is 5.56 Å². The molecule has 144 valence electrons. The smallest absolute Gasteiger partial charge is 0.293 e. The Kier molecular flexibility index (Phi) is 4.63. The van der Waals surface area contributed by atoms with Gasteiger partial charge >= 0.3 is 0 Å². The molecule has 0 unspecified atom stereocenters. The minimum Gasteiger partial charge on any atom is -0.360 e. The molecule has 3 rings (SSSR count). The van der Waals surface area contributed by atoms with E-state index < -0.39 is 5.91 Å². The van der Waals surface area contributed by atoms with Gasteiger partial charge in [0.15, 0.2) is 5.82 Å². The molecule has 3 aromatic heterocycles. The van der Waals surface area contributed by atoms with Gasteiger partial charge in [0.2, 0.25) is 5.91 Å². The molecule has 0 fully saturated rings. The number of fused-ring (bicyclic) bond motifs is 1. The van der Waals surface area contributed by atoms with Crippen LogP contribution in [0, 0.1) is 6.92 Å². The van der Waals surface area contributed by atoms with Crippen molar-refractivity contribution in [3.8, 4) is 0 Å². The third-order valence-electron chi connectivity index (χ3n) is 4.08. The van der Waals surface area contributed by atoms with Gasteiger partial charge in [0, 0.05) is 11.5 Å². The first-order valence-corrected chi connectivity index (χ1v) is 8.80. The van der Waals surface area contributed by atoms with Crippen LogP contribution in [0.25, 0.3) is 10.9 Å². The Morgan fingerprint density at radius 2 is 2.04 bits per heavy atom. The molecule has 3 aromatic rings. The van der Waals surface area contributed by atoms with E-state index in [1.807, 2.05) is 34.6 Å². The van der Waals surface area contributed by atoms with Gasteiger partial charge in [0.1, 0.15) is 17.8 Å². The van der Waals surface area contributed by atoms with Crippen LogP contribution in [-0.4, -0.2) is 30.6 Å². The fourth-order valence-corrected chi connectivity index (χ4v) is 2.88. The molecule has 0 radical (unpaired) electrons. The highest BCUT2D eigenvalue weighted by atomic mass is 16.5. The summed E-state index contributed by atoms with van der Waals surface area (Å²) in [5.41, 5.74) is 0.444. The molecular formula is C18H24N6O3. The van der Waals surface area contributed by atoms with Crippen molar-refractivity contribution in [3.63, 3.8) is 0 Å². The van der Waals surface area contributed by atoms with E-state index in [0.29, 0.717) is 22.5 Å². The van der Waals surface area contributed by atoms with Crippen molar-refractivity contribution >= 4 is 22.6 Å². The lowest BCUT2D eigenvalue weighted by molar-refractivity contribution is -0.117. The first kappa shape index (κ1) is 18.8. The van der Waals surface area contributed by atoms with E-state index in [2.05, 4.69) is 20.7 Å². The van der Waals surface area contributed by atoms with Crippen LogP contribution >= 0.6 is 0 Å². The number of hydrogen-bond acceptors (Lipinski definition) is 6. The zero-order valence-corrected chi connectivity index (χ0v) is 16.4. The van der Waals surface area contributed by atoms with Crippen LogP contribution in [0.15, 0.2) is 21.6 Å². The minimum atomic E-state index is -0.409. The van der Waals surface area contributed by atoms with Crippen LogP contribution in [0.3, 0.4) is 0 Å². The number of rotatable bonds is 4. The molecule has 27 heavy (non-hydrogen) atoms. The van der Waals surface area contributed by atoms with Gasteiger partial charge in [-0.2, -0.15) is 10.2 Å². The van der Waals surface area contributed by atoms with Crippen molar-refractivity contribution in [1.29, 1.82) is 0 Å². The third kappa shape index (κ3) is 3.62. The van der Waals surface area contributed by atoms with Gasteiger partial charge in [0.05, 0.1) is 17.4 Å². The second-order valence-electron chi connectivity index (χ2n) is 7.86. The largest absolute Gasteiger partial charge is 0.360 e. The van der Waals surface area contributed by atoms with Crippen LogP contribution in [-0.2, 0) is 16.9 Å². The standard InChI is InChI=1S/C18H24N6O3/c1-10(2)15-12-8-19-24(18(4,5)6)16(12)17(26)23(21-15)9-14(25)20-13-7-11(3)27-22-13/h7-8,10H,9H2,1-6H3,(H,20,22,25). The van der Waals surface area contributed by atoms with Crippen LogP contribution in [0.2, 0.25) is 0 Å². The Bertz CT molecular complexity index is 1050. The van der Waals surface area contributed by atoms with Gasteiger partial charge in [-0.05, 0) is 33.6 Å². The van der Waals surface area contributed by atoms with Gasteiger partial charge in [-0.3, -0.25) is 14.3 Å². The van der Waals surface area contributed by atoms with Crippen LogP contribution in [0.1, 0.15) is 52.0 Å². The van der Waals surface area contributed by atoms with Gasteiger partial charge in [-0.1, -0.05) is 19.0 Å². The summed E-state index contributed by atoms with van der Waals surface area (Å²) in [6.45, 7) is 11.4. The van der Waals surface area contributed by atoms with E-state index in [4.69, 9.17) is 4.52 Å². The lowest BCUT2D eigenvalue weighted by atomic mass is 10.1. The predicted octanol–water partition coefficient (Wildman–Crippen LogP) is 2.41. The number of aryl methyl sites for hydroxylation is 1. The Labute approximate surface area is 156 Å². The molecule has 1 N–H and O–H groups in total. The Morgan fingerprint density at radius 3 is 2.59 bits per heavy atom. The van der Waals surface area contributed by atoms with E-state index in [1.165, 1.54) is 4.68 Å². The normalized spacial score (nSPS) is 12.1. The monoisotopic (exact) mass is 372 g/mol. The van der Waals surface area contributed by atoms with Crippen LogP contribution < -0.4 is 10.9 Å². The van der Waals surface area contributed by atoms with E-state index >= 15 is 0 Å². The summed E-state index contributed by atoms with van der Waals surface area (Å²) in [4.78, 5) is 25.4. The summed E-state index contributed by atoms with van der Waals surface area (Å²) in [6.07, 6.45) is 1.67. The molecule has 3 heterocycles. The maximum Gasteiger partial charge on any atom is 0.293 e. The number of nitrogens with one attached hydrogen (secondary N) is 1. The molecule has 9 heteroatoms. The van der Waals surface area contributed by atoms with Crippen LogP contribution in [0.4, 0.5) is 5.82 Å². The summed E-state index contributed by atoms with van der Waals surface area (Å²) in [5, 5.41) is 15.9. The highest BCUT2D eigenvalue weighted by molar-refractivity contribution is 5.89. The second kappa shape index (κ2) is 6.64. The molecule has 0 atom stereocenters. The third-order valence-corrected chi connectivity index (χ3v) is 4.08. The van der Waals surface area contributed by atoms with Crippen molar-refractivity contribution < 1.29 is 9.32 Å². The van der Waals surface area contributed by atoms with E-state index in [0.717, 1.165) is 5.69 Å². The van der Waals surface area contributed by atoms with Crippen molar-refractivity contribution in [1.82, 2.24) is 24.7 Å². The first-order valence-electron chi connectivity index (χ1n) is 8.80. The number of anilines is 1. The zero-order chi connectivity index (χ0) is 19.9. The average Bonchev–Trinajstić information content (AvgIpc) is 3.16. The lowest BCUT2D eigenvalue weighted by Gasteiger charge is -2.21. The molecule has 0 aliphatic rings. The Hall–Kier alpha value is -2.97. The average molecular weight is 372 g/mol. The Morgan fingerprint density at radius 1 is 1.33 bits per heavy atom. The summed E-state index contributed by atoms with van der Waals surface area (Å²) in [6, 6.07) is 1.60. The fraction of sp³-hybridized carbons (Fsp3) is 0.500. The highest BCUT2D eigenvalue weighted by Crippen LogP contribution is 2.24. The molecule has 1 amide bonds. The fourth-order valence-electron chi connectivity index (χ4n) is 2.88. The maximum atomic E-state index is 13.0. The number of nitrogens with zero attached hydrogens (tertiary/aromatic N) is 5. The first-order chi connectivity index (χ1) is 12.6. The molecule has 0 aromatic carbocycles. The van der Waals surface area contributed by atoms with Gasteiger partial charge < -0.3 is 9.84 Å². The molecule has 0 saturated heterocycles. The van der Waals surface area contributed by atoms with Crippen molar-refractivity contribution in [2.24, 2.45) is 0 Å². The maximum absolute atomic E-state index is 13.0.